The number of carbonyl (C=O) groups excluding carboxylic acids is 1. The van der Waals surface area contributed by atoms with Crippen LogP contribution in [0.25, 0.3) is 11.3 Å². The maximum Gasteiger partial charge on any atom is 0.266 e. The molecule has 1 N–H and O–H groups in total. The van der Waals surface area contributed by atoms with Crippen molar-refractivity contribution in [3.63, 3.8) is 0 Å². The summed E-state index contributed by atoms with van der Waals surface area (Å²) in [5.41, 5.74) is 1.35. The van der Waals surface area contributed by atoms with Gasteiger partial charge in [-0.3, -0.25) is 14.3 Å². The highest BCUT2D eigenvalue weighted by molar-refractivity contribution is 5.75. The number of nitrogens with one attached hydrogen (secondary N) is 1. The van der Waals surface area contributed by atoms with Crippen LogP contribution in [0.1, 0.15) is 6.92 Å². The van der Waals surface area contributed by atoms with Gasteiger partial charge in [-0.05, 0) is 43.3 Å². The van der Waals surface area contributed by atoms with E-state index in [1.165, 1.54) is 15.4 Å². The van der Waals surface area contributed by atoms with Gasteiger partial charge in [0.15, 0.2) is 0 Å². The fraction of sp³-hybridized carbons (Fsp3) is 0.263. The summed E-state index contributed by atoms with van der Waals surface area (Å²) in [6.45, 7) is 3.27. The Bertz CT molecular complexity index is 933. The average molecular weight is 367 g/mol. The first-order chi connectivity index (χ1) is 13.2. The van der Waals surface area contributed by atoms with Crippen LogP contribution in [-0.4, -0.2) is 38.6 Å². The quantitative estimate of drug-likeness (QED) is 0.648. The fourth-order valence-electron chi connectivity index (χ4n) is 2.55. The molecular formula is C19H21N5O3. The van der Waals surface area contributed by atoms with E-state index in [9.17, 15) is 9.59 Å². The first-order valence-corrected chi connectivity index (χ1v) is 8.71. The van der Waals surface area contributed by atoms with Crippen LogP contribution in [0.2, 0.25) is 0 Å². The summed E-state index contributed by atoms with van der Waals surface area (Å²) in [5, 5.41) is 11.1. The molecule has 2 heterocycles. The van der Waals surface area contributed by atoms with Crippen LogP contribution in [-0.2, 0) is 17.9 Å². The largest absolute Gasteiger partial charge is 0.494 e. The Morgan fingerprint density at radius 3 is 2.70 bits per heavy atom. The molecule has 3 aromatic rings. The summed E-state index contributed by atoms with van der Waals surface area (Å²) in [7, 11) is 0. The molecule has 8 nitrogen and oxygen atoms in total. The molecule has 0 atom stereocenters. The minimum Gasteiger partial charge on any atom is -0.494 e. The Morgan fingerprint density at radius 1 is 1.19 bits per heavy atom. The number of nitrogens with zero attached hydrogens (tertiary/aromatic N) is 4. The zero-order valence-corrected chi connectivity index (χ0v) is 15.0. The first kappa shape index (κ1) is 18.4. The Hall–Kier alpha value is -3.42. The molecule has 0 saturated heterocycles. The van der Waals surface area contributed by atoms with E-state index in [4.69, 9.17) is 4.74 Å². The molecule has 1 amide bonds. The van der Waals surface area contributed by atoms with E-state index in [0.29, 0.717) is 18.8 Å². The molecule has 0 saturated carbocycles. The van der Waals surface area contributed by atoms with Crippen LogP contribution >= 0.6 is 0 Å². The van der Waals surface area contributed by atoms with Crippen LogP contribution in [0.5, 0.6) is 5.75 Å². The Kier molecular flexibility index (Phi) is 5.98. The zero-order valence-electron chi connectivity index (χ0n) is 15.0. The maximum atomic E-state index is 12.0. The molecule has 0 radical (unpaired) electrons. The lowest BCUT2D eigenvalue weighted by Crippen LogP contribution is -2.33. The third-order valence-corrected chi connectivity index (χ3v) is 3.84. The van der Waals surface area contributed by atoms with E-state index in [2.05, 4.69) is 15.5 Å². The van der Waals surface area contributed by atoms with Crippen molar-refractivity contribution in [2.45, 2.75) is 20.0 Å². The summed E-state index contributed by atoms with van der Waals surface area (Å²) in [6, 6.07) is 12.4. The predicted molar refractivity (Wildman–Crippen MR) is 100 cm³/mol. The molecule has 3 rings (SSSR count). The van der Waals surface area contributed by atoms with E-state index in [0.717, 1.165) is 11.3 Å². The normalized spacial score (nSPS) is 10.6. The summed E-state index contributed by atoms with van der Waals surface area (Å²) < 4.78 is 8.31. The fourth-order valence-corrected chi connectivity index (χ4v) is 2.55. The second-order valence-electron chi connectivity index (χ2n) is 5.79. The number of rotatable bonds is 8. The topological polar surface area (TPSA) is 91.0 Å². The van der Waals surface area contributed by atoms with Gasteiger partial charge in [0.2, 0.25) is 5.91 Å². The Labute approximate surface area is 156 Å². The smallest absolute Gasteiger partial charge is 0.266 e. The Morgan fingerprint density at radius 2 is 2.00 bits per heavy atom. The van der Waals surface area contributed by atoms with E-state index in [1.54, 1.807) is 24.5 Å². The molecule has 0 unspecified atom stereocenters. The van der Waals surface area contributed by atoms with Gasteiger partial charge in [-0.2, -0.15) is 10.2 Å². The predicted octanol–water partition coefficient (Wildman–Crippen LogP) is 1.32. The van der Waals surface area contributed by atoms with Crippen molar-refractivity contribution in [1.82, 2.24) is 24.9 Å². The van der Waals surface area contributed by atoms with Gasteiger partial charge in [-0.25, -0.2) is 4.68 Å². The number of carbonyl (C=O) groups is 1. The van der Waals surface area contributed by atoms with Gasteiger partial charge in [0.1, 0.15) is 12.3 Å². The third-order valence-electron chi connectivity index (χ3n) is 3.84. The lowest BCUT2D eigenvalue weighted by molar-refractivity contribution is -0.121. The van der Waals surface area contributed by atoms with Crippen LogP contribution in [0.4, 0.5) is 0 Å². The van der Waals surface area contributed by atoms with Crippen molar-refractivity contribution in [1.29, 1.82) is 0 Å². The molecular weight excluding hydrogens is 346 g/mol. The lowest BCUT2D eigenvalue weighted by atomic mass is 10.1. The maximum absolute atomic E-state index is 12.0. The van der Waals surface area contributed by atoms with E-state index < -0.39 is 0 Å². The molecule has 1 aromatic carbocycles. The number of amides is 1. The highest BCUT2D eigenvalue weighted by Gasteiger charge is 2.06. The number of ether oxygens (including phenoxy) is 1. The van der Waals surface area contributed by atoms with Crippen molar-refractivity contribution in [2.24, 2.45) is 0 Å². The van der Waals surface area contributed by atoms with Crippen molar-refractivity contribution in [3.05, 3.63) is 65.2 Å². The highest BCUT2D eigenvalue weighted by Crippen LogP contribution is 2.19. The number of aromatic nitrogens is 4. The Balaban J connectivity index is 1.61. The minimum absolute atomic E-state index is 0.140. The highest BCUT2D eigenvalue weighted by atomic mass is 16.5. The van der Waals surface area contributed by atoms with Crippen molar-refractivity contribution in [2.75, 3.05) is 13.2 Å². The molecule has 0 spiro atoms. The van der Waals surface area contributed by atoms with Gasteiger partial charge < -0.3 is 10.1 Å². The third kappa shape index (κ3) is 5.04. The van der Waals surface area contributed by atoms with E-state index in [1.807, 2.05) is 31.2 Å². The van der Waals surface area contributed by atoms with Crippen LogP contribution in [0, 0.1) is 0 Å². The van der Waals surface area contributed by atoms with E-state index in [-0.39, 0.29) is 24.6 Å². The van der Waals surface area contributed by atoms with Crippen LogP contribution in [0.15, 0.2) is 59.7 Å². The second kappa shape index (κ2) is 8.79. The molecule has 140 valence electrons. The van der Waals surface area contributed by atoms with Gasteiger partial charge in [-0.15, -0.1) is 0 Å². The van der Waals surface area contributed by atoms with Gasteiger partial charge in [-0.1, -0.05) is 0 Å². The summed E-state index contributed by atoms with van der Waals surface area (Å²) in [4.78, 5) is 23.9. The SMILES string of the molecule is CCOc1ccc(-c2ccc(=O)n(CCNC(=O)Cn3cccn3)n2)cc1. The number of benzene rings is 1. The second-order valence-corrected chi connectivity index (χ2v) is 5.79. The molecule has 0 aliphatic rings. The van der Waals surface area contributed by atoms with Gasteiger partial charge in [0.25, 0.3) is 5.56 Å². The number of hydrogen-bond donors (Lipinski definition) is 1. The molecule has 0 bridgehead atoms. The molecule has 0 aliphatic heterocycles. The molecule has 0 aliphatic carbocycles. The monoisotopic (exact) mass is 367 g/mol. The van der Waals surface area contributed by atoms with Crippen molar-refractivity contribution < 1.29 is 9.53 Å². The standard InChI is InChI=1S/C19H21N5O3/c1-2-27-16-6-4-15(5-7-16)17-8-9-19(26)24(22-17)13-11-20-18(25)14-23-12-3-10-21-23/h3-10,12H,2,11,13-14H2,1H3,(H,20,25). The lowest BCUT2D eigenvalue weighted by Gasteiger charge is -2.09. The minimum atomic E-state index is -0.217. The van der Waals surface area contributed by atoms with Crippen LogP contribution < -0.4 is 15.6 Å². The summed E-state index contributed by atoms with van der Waals surface area (Å²) in [6.07, 6.45) is 3.33. The first-order valence-electron chi connectivity index (χ1n) is 8.71. The van der Waals surface area contributed by atoms with E-state index >= 15 is 0 Å². The summed E-state index contributed by atoms with van der Waals surface area (Å²) >= 11 is 0. The molecule has 2 aromatic heterocycles. The summed E-state index contributed by atoms with van der Waals surface area (Å²) in [5.74, 6) is 0.615. The van der Waals surface area contributed by atoms with Gasteiger partial charge in [0, 0.05) is 30.6 Å². The molecule has 0 fully saturated rings. The average Bonchev–Trinajstić information content (AvgIpc) is 3.17. The van der Waals surface area contributed by atoms with Crippen LogP contribution in [0.3, 0.4) is 0 Å². The van der Waals surface area contributed by atoms with Gasteiger partial charge in [0.05, 0.1) is 18.8 Å². The molecule has 27 heavy (non-hydrogen) atoms. The van der Waals surface area contributed by atoms with Crippen molar-refractivity contribution >= 4 is 5.91 Å². The molecule has 8 heteroatoms. The van der Waals surface area contributed by atoms with Crippen molar-refractivity contribution in [3.8, 4) is 17.0 Å². The van der Waals surface area contributed by atoms with Gasteiger partial charge >= 0.3 is 0 Å². The zero-order chi connectivity index (χ0) is 19.1. The number of hydrogen-bond acceptors (Lipinski definition) is 5.